The summed E-state index contributed by atoms with van der Waals surface area (Å²) >= 11 is 0. The number of hydrogen-bond acceptors (Lipinski definition) is 4. The van der Waals surface area contributed by atoms with E-state index in [0.717, 1.165) is 12.1 Å². The van der Waals surface area contributed by atoms with Crippen molar-refractivity contribution in [2.75, 3.05) is 13.7 Å². The van der Waals surface area contributed by atoms with Crippen LogP contribution in [0.5, 0.6) is 0 Å². The Balaban J connectivity index is 1.83. The van der Waals surface area contributed by atoms with Gasteiger partial charge in [0, 0.05) is 6.54 Å². The smallest absolute Gasteiger partial charge is 0.416 e. The second kappa shape index (κ2) is 6.85. The molecule has 3 rings (SSSR count). The maximum absolute atomic E-state index is 12.9. The summed E-state index contributed by atoms with van der Waals surface area (Å²) in [4.78, 5) is 11.9. The van der Waals surface area contributed by atoms with Gasteiger partial charge in [0.15, 0.2) is 0 Å². The molecule has 1 saturated heterocycles. The van der Waals surface area contributed by atoms with Crippen LogP contribution in [0.2, 0.25) is 0 Å². The zero-order valence-corrected chi connectivity index (χ0v) is 13.3. The molecule has 0 amide bonds. The van der Waals surface area contributed by atoms with Crippen LogP contribution in [0.4, 0.5) is 13.2 Å². The molecule has 132 valence electrons. The van der Waals surface area contributed by atoms with Crippen molar-refractivity contribution in [1.29, 1.82) is 0 Å². The highest BCUT2D eigenvalue weighted by molar-refractivity contribution is 5.91. The summed E-state index contributed by atoms with van der Waals surface area (Å²) in [5.41, 5.74) is 0.666. The molecular formula is C18H16F3NO3. The van der Waals surface area contributed by atoms with Crippen molar-refractivity contribution in [2.24, 2.45) is 0 Å². The van der Waals surface area contributed by atoms with Crippen LogP contribution in [0.3, 0.4) is 0 Å². The quantitative estimate of drug-likeness (QED) is 0.854. The van der Waals surface area contributed by atoms with Gasteiger partial charge in [0.1, 0.15) is 6.23 Å². The van der Waals surface area contributed by atoms with Crippen LogP contribution in [-0.2, 0) is 15.7 Å². The van der Waals surface area contributed by atoms with E-state index in [-0.39, 0.29) is 0 Å². The summed E-state index contributed by atoms with van der Waals surface area (Å²) < 4.78 is 49.2. The van der Waals surface area contributed by atoms with E-state index in [1.54, 1.807) is 30.3 Å². The summed E-state index contributed by atoms with van der Waals surface area (Å²) in [6, 6.07) is 11.8. The molecule has 1 N–H and O–H groups in total. The van der Waals surface area contributed by atoms with Gasteiger partial charge in [-0.05, 0) is 29.3 Å². The van der Waals surface area contributed by atoms with E-state index in [4.69, 9.17) is 9.47 Å². The molecule has 0 spiro atoms. The maximum atomic E-state index is 12.9. The SMILES string of the molecule is COC(=O)c1ccccc1C1CNC(c2cccc(C(F)(F)F)c2)O1. The molecule has 25 heavy (non-hydrogen) atoms. The van der Waals surface area contributed by atoms with E-state index in [1.807, 2.05) is 0 Å². The van der Waals surface area contributed by atoms with E-state index in [0.29, 0.717) is 23.2 Å². The summed E-state index contributed by atoms with van der Waals surface area (Å²) in [5, 5.41) is 3.04. The molecule has 2 unspecified atom stereocenters. The lowest BCUT2D eigenvalue weighted by atomic mass is 10.0. The minimum atomic E-state index is -4.41. The average Bonchev–Trinajstić information content (AvgIpc) is 3.10. The molecular weight excluding hydrogens is 335 g/mol. The molecule has 0 aliphatic carbocycles. The molecule has 0 aromatic heterocycles. The first-order valence-electron chi connectivity index (χ1n) is 7.63. The van der Waals surface area contributed by atoms with Crippen molar-refractivity contribution >= 4 is 5.97 Å². The first kappa shape index (κ1) is 17.4. The van der Waals surface area contributed by atoms with Gasteiger partial charge < -0.3 is 9.47 Å². The molecule has 0 radical (unpaired) electrons. The van der Waals surface area contributed by atoms with Crippen molar-refractivity contribution in [2.45, 2.75) is 18.5 Å². The summed E-state index contributed by atoms with van der Waals surface area (Å²) in [5.74, 6) is -0.485. The highest BCUT2D eigenvalue weighted by Crippen LogP contribution is 2.35. The zero-order valence-electron chi connectivity index (χ0n) is 13.3. The van der Waals surface area contributed by atoms with Crippen LogP contribution in [-0.4, -0.2) is 19.6 Å². The lowest BCUT2D eigenvalue weighted by molar-refractivity contribution is -0.137. The van der Waals surface area contributed by atoms with Gasteiger partial charge in [0.05, 0.1) is 24.3 Å². The van der Waals surface area contributed by atoms with Crippen molar-refractivity contribution in [3.63, 3.8) is 0 Å². The molecule has 1 heterocycles. The van der Waals surface area contributed by atoms with E-state index < -0.39 is 30.0 Å². The third kappa shape index (κ3) is 3.67. The Morgan fingerprint density at radius 1 is 1.20 bits per heavy atom. The Morgan fingerprint density at radius 2 is 1.96 bits per heavy atom. The molecule has 0 bridgehead atoms. The first-order valence-corrected chi connectivity index (χ1v) is 7.63. The number of hydrogen-bond donors (Lipinski definition) is 1. The summed E-state index contributed by atoms with van der Waals surface area (Å²) in [6.45, 7) is 0.370. The lowest BCUT2D eigenvalue weighted by Crippen LogP contribution is -2.15. The van der Waals surface area contributed by atoms with Gasteiger partial charge in [0.25, 0.3) is 0 Å². The van der Waals surface area contributed by atoms with Crippen LogP contribution in [0.25, 0.3) is 0 Å². The summed E-state index contributed by atoms with van der Waals surface area (Å²) in [7, 11) is 1.29. The predicted molar refractivity (Wildman–Crippen MR) is 83.8 cm³/mol. The predicted octanol–water partition coefficient (Wildman–Crippen LogP) is 3.85. The fraction of sp³-hybridized carbons (Fsp3) is 0.278. The largest absolute Gasteiger partial charge is 0.465 e. The van der Waals surface area contributed by atoms with Gasteiger partial charge in [-0.2, -0.15) is 13.2 Å². The van der Waals surface area contributed by atoms with Crippen molar-refractivity contribution in [3.8, 4) is 0 Å². The minimum absolute atomic E-state index is 0.370. The second-order valence-electron chi connectivity index (χ2n) is 5.62. The van der Waals surface area contributed by atoms with Crippen LogP contribution < -0.4 is 5.32 Å². The van der Waals surface area contributed by atoms with Crippen molar-refractivity contribution in [3.05, 3.63) is 70.8 Å². The molecule has 7 heteroatoms. The van der Waals surface area contributed by atoms with Gasteiger partial charge in [-0.1, -0.05) is 30.3 Å². The number of benzene rings is 2. The van der Waals surface area contributed by atoms with Gasteiger partial charge >= 0.3 is 12.1 Å². The highest BCUT2D eigenvalue weighted by atomic mass is 19.4. The Labute approximate surface area is 142 Å². The number of halogens is 3. The number of nitrogens with one attached hydrogen (secondary N) is 1. The van der Waals surface area contributed by atoms with E-state index in [1.165, 1.54) is 13.2 Å². The fourth-order valence-electron chi connectivity index (χ4n) is 2.81. The lowest BCUT2D eigenvalue weighted by Gasteiger charge is -2.16. The standard InChI is InChI=1S/C18H16F3NO3/c1-24-17(23)14-8-3-2-7-13(14)15-10-22-16(25-15)11-5-4-6-12(9-11)18(19,20)21/h2-9,15-16,22H,10H2,1H3. The Kier molecular flexibility index (Phi) is 4.78. The van der Waals surface area contributed by atoms with E-state index in [9.17, 15) is 18.0 Å². The molecule has 1 aliphatic rings. The van der Waals surface area contributed by atoms with Crippen molar-refractivity contribution in [1.82, 2.24) is 5.32 Å². The Hall–Kier alpha value is -2.38. The zero-order chi connectivity index (χ0) is 18.0. The Morgan fingerprint density at radius 3 is 2.68 bits per heavy atom. The third-order valence-corrected chi connectivity index (χ3v) is 4.02. The second-order valence-corrected chi connectivity index (χ2v) is 5.62. The average molecular weight is 351 g/mol. The van der Waals surface area contributed by atoms with Crippen LogP contribution >= 0.6 is 0 Å². The molecule has 0 saturated carbocycles. The molecule has 4 nitrogen and oxygen atoms in total. The first-order chi connectivity index (χ1) is 11.9. The monoisotopic (exact) mass is 351 g/mol. The highest BCUT2D eigenvalue weighted by Gasteiger charge is 2.33. The van der Waals surface area contributed by atoms with Crippen molar-refractivity contribution < 1.29 is 27.4 Å². The molecule has 1 fully saturated rings. The minimum Gasteiger partial charge on any atom is -0.465 e. The number of carbonyl (C=O) groups is 1. The van der Waals surface area contributed by atoms with E-state index in [2.05, 4.69) is 5.32 Å². The molecule has 1 aliphatic heterocycles. The number of methoxy groups -OCH3 is 1. The molecule has 2 aromatic carbocycles. The van der Waals surface area contributed by atoms with E-state index >= 15 is 0 Å². The van der Waals surface area contributed by atoms with Gasteiger partial charge in [0.2, 0.25) is 0 Å². The maximum Gasteiger partial charge on any atom is 0.416 e. The fourth-order valence-corrected chi connectivity index (χ4v) is 2.81. The topological polar surface area (TPSA) is 47.6 Å². The van der Waals surface area contributed by atoms with Crippen LogP contribution in [0.15, 0.2) is 48.5 Å². The van der Waals surface area contributed by atoms with Crippen LogP contribution in [0.1, 0.15) is 39.4 Å². The number of ether oxygens (including phenoxy) is 2. The van der Waals surface area contributed by atoms with Gasteiger partial charge in [-0.25, -0.2) is 4.79 Å². The number of carbonyl (C=O) groups excluding carboxylic acids is 1. The summed E-state index contributed by atoms with van der Waals surface area (Å²) in [6.07, 6.45) is -5.56. The van der Waals surface area contributed by atoms with Gasteiger partial charge in [-0.15, -0.1) is 0 Å². The normalized spacial score (nSPS) is 20.5. The Bertz CT molecular complexity index is 776. The number of alkyl halides is 3. The van der Waals surface area contributed by atoms with Gasteiger partial charge in [-0.3, -0.25) is 5.32 Å². The third-order valence-electron chi connectivity index (χ3n) is 4.02. The van der Waals surface area contributed by atoms with Crippen LogP contribution in [0, 0.1) is 0 Å². The number of rotatable bonds is 3. The molecule has 2 aromatic rings. The number of esters is 1. The molecule has 2 atom stereocenters.